The van der Waals surface area contributed by atoms with Gasteiger partial charge in [0.25, 0.3) is 0 Å². The van der Waals surface area contributed by atoms with E-state index in [1.807, 2.05) is 0 Å². The van der Waals surface area contributed by atoms with Gasteiger partial charge in [-0.1, -0.05) is 11.6 Å². The van der Waals surface area contributed by atoms with Crippen molar-refractivity contribution in [3.05, 3.63) is 35.1 Å². The lowest BCUT2D eigenvalue weighted by Crippen LogP contribution is -2.30. The molecule has 8 nitrogen and oxygen atoms in total. The number of carboxylic acid groups (broad SMARTS) is 1. The highest BCUT2D eigenvalue weighted by molar-refractivity contribution is 6.30. The molecule has 2 heterocycles. The zero-order valence-electron chi connectivity index (χ0n) is 11.0. The Morgan fingerprint density at radius 1 is 1.48 bits per heavy atom. The number of amides is 1. The van der Waals surface area contributed by atoms with E-state index in [0.717, 1.165) is 0 Å². The number of aromatic carboxylic acids is 1. The summed E-state index contributed by atoms with van der Waals surface area (Å²) in [4.78, 5) is 28.2. The summed E-state index contributed by atoms with van der Waals surface area (Å²) in [5, 5.41) is 17.7. The summed E-state index contributed by atoms with van der Waals surface area (Å²) in [6.07, 6.45) is 1.48. The Labute approximate surface area is 124 Å². The first-order chi connectivity index (χ1) is 9.95. The minimum Gasteiger partial charge on any atom is -0.477 e. The molecule has 0 fully saturated rings. The second kappa shape index (κ2) is 6.23. The van der Waals surface area contributed by atoms with Gasteiger partial charge in [0.1, 0.15) is 11.5 Å². The van der Waals surface area contributed by atoms with Crippen molar-refractivity contribution in [1.29, 1.82) is 0 Å². The number of likely N-dealkylation sites (N-methyl/N-ethyl adjacent to an activating group) is 1. The fraction of sp³-hybridized carbons (Fsp3) is 0.167. The summed E-state index contributed by atoms with van der Waals surface area (Å²) in [5.41, 5.74) is -0.0991. The van der Waals surface area contributed by atoms with Gasteiger partial charge in [0.15, 0.2) is 5.82 Å². The van der Waals surface area contributed by atoms with Crippen LogP contribution in [0.5, 0.6) is 0 Å². The van der Waals surface area contributed by atoms with Crippen molar-refractivity contribution in [1.82, 2.24) is 15.2 Å². The Morgan fingerprint density at radius 2 is 2.24 bits per heavy atom. The SMILES string of the molecule is CN(CC(=O)Nc1cc(C(=O)O)[nH]n1)c1ccc(Cl)cn1. The number of carboxylic acids is 1. The van der Waals surface area contributed by atoms with Gasteiger partial charge in [-0.15, -0.1) is 0 Å². The standard InChI is InChI=1S/C12H12ClN5O3/c1-18(10-3-2-7(13)5-14-10)6-11(19)15-9-4-8(12(20)21)16-17-9/h2-5H,6H2,1H3,(H,20,21)(H2,15,16,17,19). The monoisotopic (exact) mass is 309 g/mol. The Kier molecular flexibility index (Phi) is 4.39. The Morgan fingerprint density at radius 3 is 2.81 bits per heavy atom. The summed E-state index contributed by atoms with van der Waals surface area (Å²) in [7, 11) is 1.70. The third-order valence-electron chi connectivity index (χ3n) is 2.56. The van der Waals surface area contributed by atoms with Crippen molar-refractivity contribution in [3.63, 3.8) is 0 Å². The van der Waals surface area contributed by atoms with E-state index in [4.69, 9.17) is 16.7 Å². The average molecular weight is 310 g/mol. The maximum absolute atomic E-state index is 11.8. The second-order valence-corrected chi connectivity index (χ2v) is 4.65. The van der Waals surface area contributed by atoms with E-state index >= 15 is 0 Å². The van der Waals surface area contributed by atoms with Gasteiger partial charge in [0, 0.05) is 19.3 Å². The van der Waals surface area contributed by atoms with Crippen LogP contribution < -0.4 is 10.2 Å². The molecule has 110 valence electrons. The first kappa shape index (κ1) is 14.8. The van der Waals surface area contributed by atoms with Gasteiger partial charge in [-0.25, -0.2) is 9.78 Å². The minimum absolute atomic E-state index is 0.0316. The molecule has 0 aromatic carbocycles. The number of aromatic amines is 1. The van der Waals surface area contributed by atoms with E-state index in [1.54, 1.807) is 24.1 Å². The van der Waals surface area contributed by atoms with E-state index in [0.29, 0.717) is 10.8 Å². The number of anilines is 2. The molecule has 2 rings (SSSR count). The maximum Gasteiger partial charge on any atom is 0.353 e. The highest BCUT2D eigenvalue weighted by Crippen LogP contribution is 2.13. The van der Waals surface area contributed by atoms with Gasteiger partial charge in [-0.05, 0) is 12.1 Å². The molecule has 0 aliphatic carbocycles. The number of hydrogen-bond donors (Lipinski definition) is 3. The number of rotatable bonds is 5. The van der Waals surface area contributed by atoms with Crippen LogP contribution >= 0.6 is 11.6 Å². The number of pyridine rings is 1. The van der Waals surface area contributed by atoms with E-state index in [2.05, 4.69) is 20.5 Å². The lowest BCUT2D eigenvalue weighted by atomic mass is 10.4. The highest BCUT2D eigenvalue weighted by Gasteiger charge is 2.12. The molecule has 2 aromatic heterocycles. The van der Waals surface area contributed by atoms with Crippen molar-refractivity contribution in [3.8, 4) is 0 Å². The van der Waals surface area contributed by atoms with Gasteiger partial charge in [0.2, 0.25) is 5.91 Å². The quantitative estimate of drug-likeness (QED) is 0.766. The lowest BCUT2D eigenvalue weighted by molar-refractivity contribution is -0.115. The number of hydrogen-bond acceptors (Lipinski definition) is 5. The molecular weight excluding hydrogens is 298 g/mol. The molecule has 0 atom stereocenters. The molecular formula is C12H12ClN5O3. The van der Waals surface area contributed by atoms with Crippen LogP contribution in [-0.4, -0.2) is 45.8 Å². The van der Waals surface area contributed by atoms with Gasteiger partial charge < -0.3 is 15.3 Å². The van der Waals surface area contributed by atoms with Crippen molar-refractivity contribution < 1.29 is 14.7 Å². The number of carbonyl (C=O) groups is 2. The van der Waals surface area contributed by atoms with E-state index < -0.39 is 5.97 Å². The van der Waals surface area contributed by atoms with Gasteiger partial charge >= 0.3 is 5.97 Å². The van der Waals surface area contributed by atoms with Gasteiger partial charge in [-0.3, -0.25) is 9.89 Å². The molecule has 9 heteroatoms. The topological polar surface area (TPSA) is 111 Å². The third kappa shape index (κ3) is 3.93. The Bertz CT molecular complexity index is 655. The molecule has 0 aliphatic rings. The number of nitrogens with one attached hydrogen (secondary N) is 2. The molecule has 0 bridgehead atoms. The van der Waals surface area contributed by atoms with Crippen LogP contribution in [0.3, 0.4) is 0 Å². The van der Waals surface area contributed by atoms with Crippen LogP contribution in [0.15, 0.2) is 24.4 Å². The van der Waals surface area contributed by atoms with Crippen LogP contribution in [0.2, 0.25) is 5.02 Å². The molecule has 0 aliphatic heterocycles. The fourth-order valence-corrected chi connectivity index (χ4v) is 1.68. The third-order valence-corrected chi connectivity index (χ3v) is 2.78. The molecule has 0 spiro atoms. The van der Waals surface area contributed by atoms with Crippen LogP contribution in [0.25, 0.3) is 0 Å². The van der Waals surface area contributed by atoms with Crippen molar-refractivity contribution >= 4 is 35.1 Å². The van der Waals surface area contributed by atoms with Crippen molar-refractivity contribution in [2.24, 2.45) is 0 Å². The summed E-state index contributed by atoms with van der Waals surface area (Å²) in [6.45, 7) is 0.0316. The van der Waals surface area contributed by atoms with Crippen molar-refractivity contribution in [2.75, 3.05) is 23.8 Å². The molecule has 21 heavy (non-hydrogen) atoms. The lowest BCUT2D eigenvalue weighted by Gasteiger charge is -2.16. The Balaban J connectivity index is 1.94. The molecule has 0 radical (unpaired) electrons. The van der Waals surface area contributed by atoms with Gasteiger partial charge in [-0.2, -0.15) is 5.10 Å². The largest absolute Gasteiger partial charge is 0.477 e. The summed E-state index contributed by atoms with van der Waals surface area (Å²) in [5.74, 6) is -0.763. The van der Waals surface area contributed by atoms with Crippen LogP contribution in [0.1, 0.15) is 10.5 Å². The molecule has 1 amide bonds. The summed E-state index contributed by atoms with van der Waals surface area (Å²) < 4.78 is 0. The number of H-pyrrole nitrogens is 1. The number of nitrogens with zero attached hydrogens (tertiary/aromatic N) is 3. The second-order valence-electron chi connectivity index (χ2n) is 4.21. The van der Waals surface area contributed by atoms with E-state index in [9.17, 15) is 9.59 Å². The Hall–Kier alpha value is -2.61. The molecule has 0 saturated heterocycles. The first-order valence-electron chi connectivity index (χ1n) is 5.87. The van der Waals surface area contributed by atoms with Crippen LogP contribution in [0.4, 0.5) is 11.6 Å². The van der Waals surface area contributed by atoms with Gasteiger partial charge in [0.05, 0.1) is 11.6 Å². The summed E-state index contributed by atoms with van der Waals surface area (Å²) in [6, 6.07) is 4.60. The molecule has 0 saturated carbocycles. The number of halogens is 1. The maximum atomic E-state index is 11.8. The molecule has 2 aromatic rings. The normalized spacial score (nSPS) is 10.2. The zero-order valence-corrected chi connectivity index (χ0v) is 11.8. The number of aromatic nitrogens is 3. The molecule has 3 N–H and O–H groups in total. The van der Waals surface area contributed by atoms with Crippen LogP contribution in [0, 0.1) is 0 Å². The summed E-state index contributed by atoms with van der Waals surface area (Å²) >= 11 is 5.74. The van der Waals surface area contributed by atoms with E-state index in [1.165, 1.54) is 12.3 Å². The first-order valence-corrected chi connectivity index (χ1v) is 6.25. The highest BCUT2D eigenvalue weighted by atomic mass is 35.5. The predicted molar refractivity (Wildman–Crippen MR) is 76.7 cm³/mol. The smallest absolute Gasteiger partial charge is 0.353 e. The minimum atomic E-state index is -1.15. The average Bonchev–Trinajstić information content (AvgIpc) is 2.87. The molecule has 0 unspecified atom stereocenters. The predicted octanol–water partition coefficient (Wildman–Crippen LogP) is 1.23. The van der Waals surface area contributed by atoms with Crippen molar-refractivity contribution in [2.45, 2.75) is 0 Å². The zero-order chi connectivity index (χ0) is 15.4. The van der Waals surface area contributed by atoms with E-state index in [-0.39, 0.29) is 24.0 Å². The fourth-order valence-electron chi connectivity index (χ4n) is 1.57. The number of carbonyl (C=O) groups excluding carboxylic acids is 1. The van der Waals surface area contributed by atoms with Crippen LogP contribution in [-0.2, 0) is 4.79 Å².